The summed E-state index contributed by atoms with van der Waals surface area (Å²) in [5, 5.41) is 10.6. The first kappa shape index (κ1) is 27.7. The fraction of sp³-hybridized carbons (Fsp3) is 0.600. The topological polar surface area (TPSA) is 103 Å². The smallest absolute Gasteiger partial charge is 0.269 e. The molecule has 9 heteroatoms. The summed E-state index contributed by atoms with van der Waals surface area (Å²) < 4.78 is 16.4. The lowest BCUT2D eigenvalue weighted by atomic mass is 9.85. The van der Waals surface area contributed by atoms with Gasteiger partial charge in [0.15, 0.2) is 0 Å². The zero-order valence-corrected chi connectivity index (χ0v) is 22.9. The van der Waals surface area contributed by atoms with Crippen LogP contribution in [-0.4, -0.2) is 68.7 Å². The van der Waals surface area contributed by atoms with E-state index in [1.54, 1.807) is 12.1 Å². The van der Waals surface area contributed by atoms with Crippen LogP contribution >= 0.6 is 0 Å². The molecule has 2 aromatic rings. The molecule has 0 radical (unpaired) electrons. The Hall–Kier alpha value is -2.88. The lowest BCUT2D eigenvalue weighted by Crippen LogP contribution is -2.56. The van der Waals surface area contributed by atoms with Crippen molar-refractivity contribution < 1.29 is 19.1 Å². The van der Waals surface area contributed by atoms with Gasteiger partial charge in [-0.3, -0.25) is 10.1 Å². The molecule has 0 aliphatic carbocycles. The molecule has 2 atom stereocenters. The number of anilines is 3. The highest BCUT2D eigenvalue weighted by Crippen LogP contribution is 2.38. The van der Waals surface area contributed by atoms with E-state index in [2.05, 4.69) is 21.9 Å². The maximum atomic E-state index is 10.6. The normalized spacial score (nSPS) is 27.5. The molecule has 5 saturated heterocycles. The highest BCUT2D eigenvalue weighted by Gasteiger charge is 2.43. The van der Waals surface area contributed by atoms with E-state index in [4.69, 9.17) is 19.9 Å². The Kier molecular flexibility index (Phi) is 8.89. The molecule has 2 aromatic carbocycles. The Morgan fingerprint density at radius 2 is 1.15 bits per heavy atom. The third-order valence-electron chi connectivity index (χ3n) is 8.52. The third-order valence-corrected chi connectivity index (χ3v) is 8.52. The number of nitrogens with two attached hydrogens (primary N) is 1. The van der Waals surface area contributed by atoms with Crippen LogP contribution in [0.5, 0.6) is 0 Å². The second kappa shape index (κ2) is 12.5. The van der Waals surface area contributed by atoms with E-state index in [1.807, 2.05) is 24.3 Å². The first-order valence-electron chi connectivity index (χ1n) is 14.4. The predicted molar refractivity (Wildman–Crippen MR) is 153 cm³/mol. The van der Waals surface area contributed by atoms with Crippen molar-refractivity contribution in [1.29, 1.82) is 0 Å². The van der Waals surface area contributed by atoms with Gasteiger partial charge in [-0.05, 0) is 74.9 Å². The summed E-state index contributed by atoms with van der Waals surface area (Å²) in [5.41, 5.74) is 9.22. The van der Waals surface area contributed by atoms with Crippen molar-refractivity contribution in [3.05, 3.63) is 58.6 Å². The molecule has 7 rings (SSSR count). The number of nitro benzene ring substituents is 1. The van der Waals surface area contributed by atoms with E-state index in [1.165, 1.54) is 37.8 Å². The van der Waals surface area contributed by atoms with Crippen LogP contribution in [0.1, 0.15) is 51.4 Å². The zero-order chi connectivity index (χ0) is 27.1. The molecular formula is C30H42N4O5. The SMILES string of the molecule is C1CCOC1.Nc1ccc(N2CCC[C@@]3(CCO3)C2)cc1.O=[N+]([O-])c1ccc(N2CCC[C@@]3(CCO3)C2)cc1. The van der Waals surface area contributed by atoms with Gasteiger partial charge in [-0.1, -0.05) is 0 Å². The average molecular weight is 539 g/mol. The molecule has 5 aliphatic rings. The molecule has 39 heavy (non-hydrogen) atoms. The molecule has 0 bridgehead atoms. The Labute approximate surface area is 231 Å². The number of non-ortho nitro benzene ring substituents is 1. The standard InChI is InChI=1S/C13H16N2O3.C13H18N2O.C4H8O/c16-15(17)12-4-2-11(3-5-12)14-8-1-6-13(10-14)7-9-18-13;14-11-2-4-12(5-3-11)15-8-1-6-13(10-15)7-9-16-13;1-2-4-5-3-1/h2-5H,1,6-10H2;2-5H,1,6-10,14H2;1-4H2/t2*13-;/m11./s1. The Balaban J connectivity index is 0.000000135. The number of ether oxygens (including phenoxy) is 3. The van der Waals surface area contributed by atoms with Crippen molar-refractivity contribution in [3.8, 4) is 0 Å². The Morgan fingerprint density at radius 3 is 1.51 bits per heavy atom. The molecule has 0 aromatic heterocycles. The molecule has 2 N–H and O–H groups in total. The van der Waals surface area contributed by atoms with Crippen LogP contribution in [0.15, 0.2) is 48.5 Å². The lowest BCUT2D eigenvalue weighted by molar-refractivity contribution is -0.384. The number of piperidine rings is 2. The van der Waals surface area contributed by atoms with Gasteiger partial charge in [0.1, 0.15) is 0 Å². The lowest BCUT2D eigenvalue weighted by Gasteiger charge is -2.49. The van der Waals surface area contributed by atoms with E-state index >= 15 is 0 Å². The van der Waals surface area contributed by atoms with E-state index in [9.17, 15) is 10.1 Å². The van der Waals surface area contributed by atoms with Crippen molar-refractivity contribution in [2.45, 2.75) is 62.6 Å². The van der Waals surface area contributed by atoms with E-state index in [0.717, 1.165) is 83.2 Å². The summed E-state index contributed by atoms with van der Waals surface area (Å²) in [7, 11) is 0. The van der Waals surface area contributed by atoms with E-state index in [0.29, 0.717) is 0 Å². The minimum Gasteiger partial charge on any atom is -0.399 e. The highest BCUT2D eigenvalue weighted by molar-refractivity contribution is 5.54. The van der Waals surface area contributed by atoms with Crippen LogP contribution < -0.4 is 15.5 Å². The minimum absolute atomic E-state index is 0.0556. The van der Waals surface area contributed by atoms with Gasteiger partial charge in [-0.25, -0.2) is 0 Å². The van der Waals surface area contributed by atoms with Gasteiger partial charge in [0.2, 0.25) is 0 Å². The maximum Gasteiger partial charge on any atom is 0.269 e. The molecule has 212 valence electrons. The molecule has 0 amide bonds. The Morgan fingerprint density at radius 1 is 0.692 bits per heavy atom. The van der Waals surface area contributed by atoms with Crippen molar-refractivity contribution in [2.24, 2.45) is 0 Å². The Bertz CT molecular complexity index is 1060. The molecule has 2 spiro atoms. The van der Waals surface area contributed by atoms with Gasteiger partial charge in [-0.15, -0.1) is 0 Å². The molecule has 5 fully saturated rings. The largest absolute Gasteiger partial charge is 0.399 e. The van der Waals surface area contributed by atoms with Gasteiger partial charge in [0.05, 0.1) is 29.3 Å². The second-order valence-corrected chi connectivity index (χ2v) is 11.3. The molecule has 0 saturated carbocycles. The summed E-state index contributed by atoms with van der Waals surface area (Å²) in [6, 6.07) is 14.9. The van der Waals surface area contributed by atoms with Crippen LogP contribution in [-0.2, 0) is 14.2 Å². The summed E-state index contributed by atoms with van der Waals surface area (Å²) in [6.45, 7) is 7.89. The zero-order valence-electron chi connectivity index (χ0n) is 22.9. The quantitative estimate of drug-likeness (QED) is 0.324. The first-order valence-corrected chi connectivity index (χ1v) is 14.4. The molecule has 9 nitrogen and oxygen atoms in total. The van der Waals surface area contributed by atoms with Gasteiger partial charge >= 0.3 is 0 Å². The number of benzene rings is 2. The number of rotatable bonds is 3. The van der Waals surface area contributed by atoms with E-state index < -0.39 is 0 Å². The monoisotopic (exact) mass is 538 g/mol. The third kappa shape index (κ3) is 7.01. The minimum atomic E-state index is -0.365. The van der Waals surface area contributed by atoms with E-state index in [-0.39, 0.29) is 21.8 Å². The summed E-state index contributed by atoms with van der Waals surface area (Å²) in [6.07, 6.45) is 9.62. The van der Waals surface area contributed by atoms with Gasteiger partial charge in [-0.2, -0.15) is 0 Å². The average Bonchev–Trinajstić information content (AvgIpc) is 3.53. The number of nitro groups is 1. The van der Waals surface area contributed by atoms with Gasteiger partial charge < -0.3 is 29.7 Å². The van der Waals surface area contributed by atoms with Crippen LogP contribution in [0.3, 0.4) is 0 Å². The maximum absolute atomic E-state index is 10.6. The number of nitrogens with zero attached hydrogens (tertiary/aromatic N) is 3. The van der Waals surface area contributed by atoms with Crippen molar-refractivity contribution in [2.75, 3.05) is 68.1 Å². The molecule has 5 aliphatic heterocycles. The number of hydrogen-bond donors (Lipinski definition) is 1. The summed E-state index contributed by atoms with van der Waals surface area (Å²) in [4.78, 5) is 14.9. The first-order chi connectivity index (χ1) is 19.0. The van der Waals surface area contributed by atoms with Crippen molar-refractivity contribution in [1.82, 2.24) is 0 Å². The molecule has 5 heterocycles. The second-order valence-electron chi connectivity index (χ2n) is 11.3. The summed E-state index contributed by atoms with van der Waals surface area (Å²) >= 11 is 0. The summed E-state index contributed by atoms with van der Waals surface area (Å²) in [5.74, 6) is 0. The van der Waals surface area contributed by atoms with Gasteiger partial charge in [0, 0.05) is 81.4 Å². The van der Waals surface area contributed by atoms with Crippen LogP contribution in [0, 0.1) is 10.1 Å². The van der Waals surface area contributed by atoms with Gasteiger partial charge in [0.25, 0.3) is 5.69 Å². The molecular weight excluding hydrogens is 496 g/mol. The fourth-order valence-electron chi connectivity index (χ4n) is 6.04. The van der Waals surface area contributed by atoms with Crippen LogP contribution in [0.25, 0.3) is 0 Å². The molecule has 0 unspecified atom stereocenters. The predicted octanol–water partition coefficient (Wildman–Crippen LogP) is 5.18. The van der Waals surface area contributed by atoms with Crippen molar-refractivity contribution in [3.63, 3.8) is 0 Å². The van der Waals surface area contributed by atoms with Crippen LogP contribution in [0.2, 0.25) is 0 Å². The van der Waals surface area contributed by atoms with Crippen molar-refractivity contribution >= 4 is 22.7 Å². The fourth-order valence-corrected chi connectivity index (χ4v) is 6.04. The van der Waals surface area contributed by atoms with Crippen LogP contribution in [0.4, 0.5) is 22.7 Å². The highest BCUT2D eigenvalue weighted by atomic mass is 16.6. The number of hydrogen-bond acceptors (Lipinski definition) is 8. The number of nitrogen functional groups attached to an aromatic ring is 1.